The van der Waals surface area contributed by atoms with E-state index in [2.05, 4.69) is 0 Å². The van der Waals surface area contributed by atoms with Crippen LogP contribution in [0.5, 0.6) is 0 Å². The van der Waals surface area contributed by atoms with Crippen LogP contribution in [0.2, 0.25) is 0 Å². The zero-order chi connectivity index (χ0) is 14.8. The van der Waals surface area contributed by atoms with E-state index in [-0.39, 0.29) is 6.54 Å². The molecule has 0 aliphatic rings. The summed E-state index contributed by atoms with van der Waals surface area (Å²) in [6.07, 6.45) is 0. The van der Waals surface area contributed by atoms with Crippen molar-refractivity contribution in [3.63, 3.8) is 0 Å². The highest BCUT2D eigenvalue weighted by Crippen LogP contribution is 2.29. The molecule has 0 spiro atoms. The average Bonchev–Trinajstić information content (AvgIpc) is 2.35. The lowest BCUT2D eigenvalue weighted by molar-refractivity contribution is -0.390. The molecule has 0 saturated carbocycles. The van der Waals surface area contributed by atoms with Gasteiger partial charge in [0.15, 0.2) is 4.90 Å². The molecule has 0 fully saturated rings. The number of likely N-dealkylation sites (N-methyl/N-ethyl adjacent to an activating group) is 1. The van der Waals surface area contributed by atoms with Crippen LogP contribution in [0.4, 0.5) is 10.1 Å². The fourth-order valence-electron chi connectivity index (χ4n) is 1.42. The SMILES string of the molecule is CC(CN)N(C)S(=O)(=O)c1cccc(F)c1[N+](=O)[O-]. The van der Waals surface area contributed by atoms with Crippen molar-refractivity contribution in [2.75, 3.05) is 13.6 Å². The molecule has 1 aromatic rings. The Hall–Kier alpha value is -1.58. The predicted molar refractivity (Wildman–Crippen MR) is 66.5 cm³/mol. The summed E-state index contributed by atoms with van der Waals surface area (Å²) in [5.74, 6) is -1.19. The molecule has 1 unspecified atom stereocenters. The van der Waals surface area contributed by atoms with Gasteiger partial charge in [-0.25, -0.2) is 8.42 Å². The Morgan fingerprint density at radius 1 is 1.53 bits per heavy atom. The van der Waals surface area contributed by atoms with Gasteiger partial charge in [-0.1, -0.05) is 6.07 Å². The third kappa shape index (κ3) is 2.88. The van der Waals surface area contributed by atoms with Crippen LogP contribution in [-0.4, -0.2) is 37.3 Å². The van der Waals surface area contributed by atoms with Gasteiger partial charge in [0.1, 0.15) is 0 Å². The first-order chi connectivity index (χ1) is 8.73. The van der Waals surface area contributed by atoms with Crippen LogP contribution in [-0.2, 0) is 10.0 Å². The molecule has 106 valence electrons. The fourth-order valence-corrected chi connectivity index (χ4v) is 2.96. The molecule has 0 radical (unpaired) electrons. The van der Waals surface area contributed by atoms with Crippen LogP contribution in [0.15, 0.2) is 23.1 Å². The first kappa shape index (κ1) is 15.5. The van der Waals surface area contributed by atoms with E-state index >= 15 is 0 Å². The molecule has 0 heterocycles. The second-order valence-corrected chi connectivity index (χ2v) is 5.92. The molecule has 0 aromatic heterocycles. The maximum Gasteiger partial charge on any atom is 0.324 e. The highest BCUT2D eigenvalue weighted by atomic mass is 32.2. The number of nitrogens with zero attached hydrogens (tertiary/aromatic N) is 2. The van der Waals surface area contributed by atoms with Crippen molar-refractivity contribution in [1.82, 2.24) is 4.31 Å². The summed E-state index contributed by atoms with van der Waals surface area (Å²) < 4.78 is 38.7. The first-order valence-electron chi connectivity index (χ1n) is 5.34. The van der Waals surface area contributed by atoms with E-state index in [1.54, 1.807) is 6.92 Å². The Labute approximate surface area is 110 Å². The van der Waals surface area contributed by atoms with Crippen LogP contribution in [0.3, 0.4) is 0 Å². The first-order valence-corrected chi connectivity index (χ1v) is 6.78. The second kappa shape index (κ2) is 5.59. The molecule has 0 bridgehead atoms. The van der Waals surface area contributed by atoms with Gasteiger partial charge in [0.25, 0.3) is 0 Å². The third-order valence-electron chi connectivity index (χ3n) is 2.75. The molecule has 1 aromatic carbocycles. The number of hydrogen-bond donors (Lipinski definition) is 1. The highest BCUT2D eigenvalue weighted by molar-refractivity contribution is 7.89. The number of halogens is 1. The predicted octanol–water partition coefficient (Wildman–Crippen LogP) is 0.702. The van der Waals surface area contributed by atoms with E-state index < -0.39 is 37.4 Å². The Morgan fingerprint density at radius 3 is 2.58 bits per heavy atom. The zero-order valence-electron chi connectivity index (χ0n) is 10.4. The van der Waals surface area contributed by atoms with Gasteiger partial charge in [-0.2, -0.15) is 8.70 Å². The molecule has 0 aliphatic carbocycles. The summed E-state index contributed by atoms with van der Waals surface area (Å²) in [6, 6.07) is 2.38. The maximum absolute atomic E-state index is 13.4. The van der Waals surface area contributed by atoms with E-state index in [0.717, 1.165) is 22.5 Å². The molecule has 1 rings (SSSR count). The number of rotatable bonds is 5. The van der Waals surface area contributed by atoms with Crippen LogP contribution in [0.25, 0.3) is 0 Å². The van der Waals surface area contributed by atoms with Crippen molar-refractivity contribution < 1.29 is 17.7 Å². The molecule has 1 atom stereocenters. The van der Waals surface area contributed by atoms with Crippen molar-refractivity contribution in [1.29, 1.82) is 0 Å². The normalized spacial score (nSPS) is 13.5. The quantitative estimate of drug-likeness (QED) is 0.635. The number of nitro groups is 1. The molecule has 9 heteroatoms. The Balaban J connectivity index is 3.46. The highest BCUT2D eigenvalue weighted by Gasteiger charge is 2.33. The summed E-state index contributed by atoms with van der Waals surface area (Å²) in [5, 5.41) is 10.8. The standard InChI is InChI=1S/C10H14FN3O4S/c1-7(6-12)13(2)19(17,18)9-5-3-4-8(11)10(9)14(15)16/h3-5,7H,6,12H2,1-2H3. The van der Waals surface area contributed by atoms with E-state index in [9.17, 15) is 22.9 Å². The van der Waals surface area contributed by atoms with Gasteiger partial charge in [-0.15, -0.1) is 0 Å². The van der Waals surface area contributed by atoms with E-state index in [1.165, 1.54) is 7.05 Å². The summed E-state index contributed by atoms with van der Waals surface area (Å²) in [7, 11) is -2.94. The van der Waals surface area contributed by atoms with Crippen LogP contribution >= 0.6 is 0 Å². The topological polar surface area (TPSA) is 107 Å². The molecular weight excluding hydrogens is 277 g/mol. The Bertz CT molecular complexity index is 590. The minimum absolute atomic E-state index is 0.0405. The van der Waals surface area contributed by atoms with Gasteiger partial charge < -0.3 is 5.73 Å². The number of nitrogens with two attached hydrogens (primary N) is 1. The molecule has 7 nitrogen and oxygen atoms in total. The number of sulfonamides is 1. The zero-order valence-corrected chi connectivity index (χ0v) is 11.2. The molecule has 0 saturated heterocycles. The number of hydrogen-bond acceptors (Lipinski definition) is 5. The van der Waals surface area contributed by atoms with E-state index in [0.29, 0.717) is 0 Å². The number of nitro benzene ring substituents is 1. The lowest BCUT2D eigenvalue weighted by atomic mass is 10.3. The maximum atomic E-state index is 13.4. The van der Waals surface area contributed by atoms with Gasteiger partial charge in [0.2, 0.25) is 15.8 Å². The van der Waals surface area contributed by atoms with Crippen molar-refractivity contribution in [2.45, 2.75) is 17.9 Å². The van der Waals surface area contributed by atoms with Gasteiger partial charge in [-0.05, 0) is 19.1 Å². The fraction of sp³-hybridized carbons (Fsp3) is 0.400. The van der Waals surface area contributed by atoms with Gasteiger partial charge in [0, 0.05) is 19.6 Å². The molecular formula is C10H14FN3O4S. The van der Waals surface area contributed by atoms with Crippen molar-refractivity contribution in [2.24, 2.45) is 5.73 Å². The Morgan fingerprint density at radius 2 is 2.11 bits per heavy atom. The summed E-state index contributed by atoms with van der Waals surface area (Å²) in [6.45, 7) is 1.58. The summed E-state index contributed by atoms with van der Waals surface area (Å²) >= 11 is 0. The molecule has 2 N–H and O–H groups in total. The van der Waals surface area contributed by atoms with Crippen LogP contribution in [0.1, 0.15) is 6.92 Å². The molecule has 19 heavy (non-hydrogen) atoms. The monoisotopic (exact) mass is 291 g/mol. The molecule has 0 aliphatic heterocycles. The second-order valence-electron chi connectivity index (χ2n) is 3.95. The average molecular weight is 291 g/mol. The van der Waals surface area contributed by atoms with E-state index in [1.807, 2.05) is 0 Å². The van der Waals surface area contributed by atoms with Crippen molar-refractivity contribution in [3.8, 4) is 0 Å². The minimum atomic E-state index is -4.18. The minimum Gasteiger partial charge on any atom is -0.329 e. The molecule has 0 amide bonds. The van der Waals surface area contributed by atoms with Crippen molar-refractivity contribution >= 4 is 15.7 Å². The smallest absolute Gasteiger partial charge is 0.324 e. The largest absolute Gasteiger partial charge is 0.329 e. The van der Waals surface area contributed by atoms with Gasteiger partial charge >= 0.3 is 5.69 Å². The summed E-state index contributed by atoms with van der Waals surface area (Å²) in [5.41, 5.74) is 4.30. The lowest BCUT2D eigenvalue weighted by Crippen LogP contribution is -2.39. The Kier molecular flexibility index (Phi) is 4.56. The van der Waals surface area contributed by atoms with Gasteiger partial charge in [0.05, 0.1) is 4.92 Å². The lowest BCUT2D eigenvalue weighted by Gasteiger charge is -2.22. The van der Waals surface area contributed by atoms with Crippen LogP contribution in [0, 0.1) is 15.9 Å². The summed E-state index contributed by atoms with van der Waals surface area (Å²) in [4.78, 5) is 9.08. The van der Waals surface area contributed by atoms with Crippen LogP contribution < -0.4 is 5.73 Å². The van der Waals surface area contributed by atoms with Crippen molar-refractivity contribution in [3.05, 3.63) is 34.1 Å². The number of para-hydroxylation sites is 1. The number of benzene rings is 1. The third-order valence-corrected chi connectivity index (χ3v) is 4.75. The van der Waals surface area contributed by atoms with E-state index in [4.69, 9.17) is 5.73 Å². The van der Waals surface area contributed by atoms with Gasteiger partial charge in [-0.3, -0.25) is 10.1 Å².